The van der Waals surface area contributed by atoms with Crippen LogP contribution in [0, 0.1) is 34.0 Å². The van der Waals surface area contributed by atoms with Crippen LogP contribution in [0.15, 0.2) is 115 Å². The van der Waals surface area contributed by atoms with E-state index in [9.17, 15) is 15.8 Å². The van der Waals surface area contributed by atoms with Gasteiger partial charge in [-0.2, -0.15) is 15.8 Å². The molecule has 0 spiro atoms. The maximum absolute atomic E-state index is 10.8. The summed E-state index contributed by atoms with van der Waals surface area (Å²) in [5, 5.41) is 36.1. The number of benzene rings is 6. The number of rotatable bonds is 3. The standard InChI is InChI=1S/C39H19N3S2/c40-20-25-7-1-2-8-26(25)30-19-29(23-13-15-37-31(17-23)27-9-3-5-11-35(27)43-37)33(21-41)39(34(30)22-42)24-14-16-38-32(18-24)28-10-4-6-12-36(28)44-38/h1-19H. The minimum Gasteiger partial charge on any atom is -0.192 e. The normalized spacial score (nSPS) is 11.1. The molecular formula is C39H19N3S2. The van der Waals surface area contributed by atoms with Crippen LogP contribution in [0.25, 0.3) is 73.7 Å². The van der Waals surface area contributed by atoms with Crippen LogP contribution in [0.5, 0.6) is 0 Å². The van der Waals surface area contributed by atoms with Crippen LogP contribution in [0.3, 0.4) is 0 Å². The number of hydrogen-bond acceptors (Lipinski definition) is 5. The van der Waals surface area contributed by atoms with Gasteiger partial charge in [0.15, 0.2) is 0 Å². The second kappa shape index (κ2) is 10.2. The average Bonchev–Trinajstić information content (AvgIpc) is 3.64. The molecule has 0 radical (unpaired) electrons. The van der Waals surface area contributed by atoms with Gasteiger partial charge in [0.2, 0.25) is 0 Å². The summed E-state index contributed by atoms with van der Waals surface area (Å²) in [6, 6.07) is 45.6. The van der Waals surface area contributed by atoms with E-state index < -0.39 is 0 Å². The average molecular weight is 594 g/mol. The third-order valence-electron chi connectivity index (χ3n) is 8.24. The van der Waals surface area contributed by atoms with Gasteiger partial charge in [-0.05, 0) is 59.7 Å². The molecule has 0 bridgehead atoms. The zero-order valence-electron chi connectivity index (χ0n) is 23.1. The van der Waals surface area contributed by atoms with Crippen molar-refractivity contribution in [2.45, 2.75) is 0 Å². The molecule has 5 heteroatoms. The van der Waals surface area contributed by atoms with Crippen LogP contribution in [0.4, 0.5) is 0 Å². The molecule has 0 saturated heterocycles. The molecule has 8 rings (SSSR count). The molecule has 0 aliphatic heterocycles. The molecule has 0 aliphatic rings. The summed E-state index contributed by atoms with van der Waals surface area (Å²) in [7, 11) is 0. The number of nitriles is 3. The first kappa shape index (κ1) is 25.9. The van der Waals surface area contributed by atoms with Crippen molar-refractivity contribution < 1.29 is 0 Å². The molecule has 0 fully saturated rings. The van der Waals surface area contributed by atoms with E-state index in [-0.39, 0.29) is 0 Å². The third-order valence-corrected chi connectivity index (χ3v) is 10.5. The van der Waals surface area contributed by atoms with E-state index >= 15 is 0 Å². The molecule has 0 atom stereocenters. The SMILES string of the molecule is N#Cc1ccccc1-c1cc(-c2ccc3sc4ccccc4c3c2)c(C#N)c(-c2ccc3sc4ccccc4c3c2)c1C#N. The van der Waals surface area contributed by atoms with Crippen molar-refractivity contribution in [1.29, 1.82) is 15.8 Å². The van der Waals surface area contributed by atoms with Gasteiger partial charge in [-0.1, -0.05) is 66.7 Å². The van der Waals surface area contributed by atoms with Gasteiger partial charge in [0.1, 0.15) is 12.1 Å². The second-order valence-corrected chi connectivity index (χ2v) is 12.8. The van der Waals surface area contributed by atoms with Crippen LogP contribution >= 0.6 is 22.7 Å². The minimum atomic E-state index is 0.383. The van der Waals surface area contributed by atoms with E-state index in [1.165, 1.54) is 19.5 Å². The van der Waals surface area contributed by atoms with Gasteiger partial charge < -0.3 is 0 Å². The summed E-state index contributed by atoms with van der Waals surface area (Å²) < 4.78 is 4.72. The van der Waals surface area contributed by atoms with Gasteiger partial charge in [-0.15, -0.1) is 22.7 Å². The van der Waals surface area contributed by atoms with Crippen molar-refractivity contribution in [3.63, 3.8) is 0 Å². The van der Waals surface area contributed by atoms with Gasteiger partial charge in [0.25, 0.3) is 0 Å². The minimum absolute atomic E-state index is 0.383. The predicted molar refractivity (Wildman–Crippen MR) is 183 cm³/mol. The summed E-state index contributed by atoms with van der Waals surface area (Å²) >= 11 is 3.47. The fourth-order valence-electron chi connectivity index (χ4n) is 6.23. The lowest BCUT2D eigenvalue weighted by Crippen LogP contribution is -1.99. The van der Waals surface area contributed by atoms with Crippen LogP contribution in [0.2, 0.25) is 0 Å². The first-order valence-corrected chi connectivity index (χ1v) is 15.7. The Hall–Kier alpha value is -5.77. The Morgan fingerprint density at radius 2 is 0.932 bits per heavy atom. The highest BCUT2D eigenvalue weighted by Crippen LogP contribution is 2.45. The van der Waals surface area contributed by atoms with Gasteiger partial charge in [0, 0.05) is 62.6 Å². The molecule has 6 aromatic carbocycles. The number of nitrogens with zero attached hydrogens (tertiary/aromatic N) is 3. The van der Waals surface area contributed by atoms with Crippen molar-refractivity contribution in [2.75, 3.05) is 0 Å². The first-order valence-electron chi connectivity index (χ1n) is 14.0. The van der Waals surface area contributed by atoms with Crippen LogP contribution in [0.1, 0.15) is 16.7 Å². The predicted octanol–water partition coefficient (Wildman–Crippen LogP) is 11.0. The highest BCUT2D eigenvalue weighted by atomic mass is 32.1. The maximum Gasteiger partial charge on any atom is 0.100 e. The lowest BCUT2D eigenvalue weighted by atomic mass is 9.83. The summed E-state index contributed by atoms with van der Waals surface area (Å²) in [5.41, 5.74) is 5.62. The van der Waals surface area contributed by atoms with E-state index in [0.717, 1.165) is 37.5 Å². The molecular weight excluding hydrogens is 575 g/mol. The Balaban J connectivity index is 1.49. The van der Waals surface area contributed by atoms with Crippen LogP contribution < -0.4 is 0 Å². The van der Waals surface area contributed by atoms with E-state index in [2.05, 4.69) is 72.8 Å². The smallest absolute Gasteiger partial charge is 0.100 e. The lowest BCUT2D eigenvalue weighted by Gasteiger charge is -2.18. The molecule has 44 heavy (non-hydrogen) atoms. The summed E-state index contributed by atoms with van der Waals surface area (Å²) in [5.74, 6) is 0. The number of fused-ring (bicyclic) bond motifs is 6. The largest absolute Gasteiger partial charge is 0.192 e. The van der Waals surface area contributed by atoms with Crippen molar-refractivity contribution in [1.82, 2.24) is 0 Å². The molecule has 202 valence electrons. The van der Waals surface area contributed by atoms with E-state index in [0.29, 0.717) is 33.4 Å². The van der Waals surface area contributed by atoms with Crippen molar-refractivity contribution >= 4 is 63.0 Å². The summed E-state index contributed by atoms with van der Waals surface area (Å²) in [6.45, 7) is 0. The summed E-state index contributed by atoms with van der Waals surface area (Å²) in [6.07, 6.45) is 0. The Morgan fingerprint density at radius 1 is 0.409 bits per heavy atom. The fraction of sp³-hybridized carbons (Fsp3) is 0. The molecule has 0 saturated carbocycles. The Morgan fingerprint density at radius 3 is 1.57 bits per heavy atom. The molecule has 0 aliphatic carbocycles. The molecule has 2 heterocycles. The second-order valence-electron chi connectivity index (χ2n) is 10.6. The van der Waals surface area contributed by atoms with Crippen LogP contribution in [-0.4, -0.2) is 0 Å². The highest BCUT2D eigenvalue weighted by Gasteiger charge is 2.24. The molecule has 3 nitrogen and oxygen atoms in total. The fourth-order valence-corrected chi connectivity index (χ4v) is 8.41. The maximum atomic E-state index is 10.8. The number of thiophene rings is 2. The highest BCUT2D eigenvalue weighted by molar-refractivity contribution is 7.26. The van der Waals surface area contributed by atoms with Gasteiger partial charge >= 0.3 is 0 Å². The zero-order valence-corrected chi connectivity index (χ0v) is 24.8. The summed E-state index contributed by atoms with van der Waals surface area (Å²) in [4.78, 5) is 0. The van der Waals surface area contributed by atoms with Crippen molar-refractivity contribution in [3.8, 4) is 51.6 Å². The molecule has 2 aromatic heterocycles. The monoisotopic (exact) mass is 593 g/mol. The van der Waals surface area contributed by atoms with E-state index in [1.807, 2.05) is 54.6 Å². The van der Waals surface area contributed by atoms with E-state index in [4.69, 9.17) is 0 Å². The molecule has 0 amide bonds. The van der Waals surface area contributed by atoms with Crippen molar-refractivity contribution in [3.05, 3.63) is 132 Å². The van der Waals surface area contributed by atoms with Crippen LogP contribution in [-0.2, 0) is 0 Å². The molecule has 8 aromatic rings. The topological polar surface area (TPSA) is 71.4 Å². The van der Waals surface area contributed by atoms with Crippen molar-refractivity contribution in [2.24, 2.45) is 0 Å². The van der Waals surface area contributed by atoms with Gasteiger partial charge in [0.05, 0.1) is 22.8 Å². The number of hydrogen-bond donors (Lipinski definition) is 0. The molecule has 0 unspecified atom stereocenters. The van der Waals surface area contributed by atoms with E-state index in [1.54, 1.807) is 28.7 Å². The quantitative estimate of drug-likeness (QED) is 0.205. The third kappa shape index (κ3) is 3.91. The Bertz CT molecular complexity index is 2600. The molecule has 0 N–H and O–H groups in total. The Kier molecular flexibility index (Phi) is 6.00. The Labute approximate surface area is 261 Å². The lowest BCUT2D eigenvalue weighted by molar-refractivity contribution is 1.42. The van der Waals surface area contributed by atoms with Gasteiger partial charge in [-0.3, -0.25) is 0 Å². The zero-order chi connectivity index (χ0) is 29.8. The first-order chi connectivity index (χ1) is 21.7. The van der Waals surface area contributed by atoms with Gasteiger partial charge in [-0.25, -0.2) is 0 Å².